The standard InChI is InChI=1S/C35H48N2O3/c1-4-6-8-9-10-11-12-14-15-29-25-36-35(37-26-29)32-19-17-30(18-20-32)31-21-23-33(24-22-31)39-27-28(3)40-34(38)16-13-7-5-2/h17-26,28H,4-16,27H2,1-3H3/t28-/m1/s1. The number of carbonyl (C=O) groups excluding carboxylic acids is 1. The molecule has 0 unspecified atom stereocenters. The number of esters is 1. The van der Waals surface area contributed by atoms with Crippen LogP contribution in [-0.2, 0) is 16.0 Å². The summed E-state index contributed by atoms with van der Waals surface area (Å²) in [6.45, 7) is 6.59. The number of aryl methyl sites for hydroxylation is 1. The van der Waals surface area contributed by atoms with E-state index in [2.05, 4.69) is 48.1 Å². The molecule has 3 aromatic rings. The maximum Gasteiger partial charge on any atom is 0.306 e. The van der Waals surface area contributed by atoms with E-state index in [0.717, 1.165) is 53.9 Å². The molecule has 3 rings (SSSR count). The second-order valence-corrected chi connectivity index (χ2v) is 10.8. The minimum Gasteiger partial charge on any atom is -0.490 e. The first-order chi connectivity index (χ1) is 19.6. The summed E-state index contributed by atoms with van der Waals surface area (Å²) in [6.07, 6.45) is 18.9. The molecule has 0 radical (unpaired) electrons. The Kier molecular flexibility index (Phi) is 14.2. The van der Waals surface area contributed by atoms with Gasteiger partial charge in [-0.3, -0.25) is 4.79 Å². The van der Waals surface area contributed by atoms with Crippen molar-refractivity contribution in [2.75, 3.05) is 6.61 Å². The van der Waals surface area contributed by atoms with Crippen LogP contribution in [0.5, 0.6) is 5.75 Å². The molecule has 0 saturated heterocycles. The highest BCUT2D eigenvalue weighted by molar-refractivity contribution is 5.69. The first-order valence-electron chi connectivity index (χ1n) is 15.4. The number of nitrogens with zero attached hydrogens (tertiary/aromatic N) is 2. The fraction of sp³-hybridized carbons (Fsp3) is 0.514. The van der Waals surface area contributed by atoms with Crippen LogP contribution in [0.1, 0.15) is 103 Å². The number of aromatic nitrogens is 2. The molecular formula is C35H48N2O3. The Morgan fingerprint density at radius 1 is 0.700 bits per heavy atom. The zero-order chi connectivity index (χ0) is 28.4. The Balaban J connectivity index is 1.41. The van der Waals surface area contributed by atoms with Gasteiger partial charge in [-0.1, -0.05) is 108 Å². The summed E-state index contributed by atoms with van der Waals surface area (Å²) < 4.78 is 11.3. The fourth-order valence-electron chi connectivity index (χ4n) is 4.70. The summed E-state index contributed by atoms with van der Waals surface area (Å²) in [5, 5.41) is 0. The fourth-order valence-corrected chi connectivity index (χ4v) is 4.70. The quantitative estimate of drug-likeness (QED) is 0.111. The summed E-state index contributed by atoms with van der Waals surface area (Å²) in [6, 6.07) is 16.3. The van der Waals surface area contributed by atoms with Crippen molar-refractivity contribution in [2.24, 2.45) is 0 Å². The number of rotatable bonds is 19. The Morgan fingerprint density at radius 3 is 1.85 bits per heavy atom. The van der Waals surface area contributed by atoms with Crippen molar-refractivity contribution in [3.8, 4) is 28.3 Å². The van der Waals surface area contributed by atoms with Crippen LogP contribution in [0.25, 0.3) is 22.5 Å². The van der Waals surface area contributed by atoms with Gasteiger partial charge in [0.25, 0.3) is 0 Å². The summed E-state index contributed by atoms with van der Waals surface area (Å²) in [5.74, 6) is 1.37. The first kappa shape index (κ1) is 31.3. The maximum absolute atomic E-state index is 11.9. The SMILES string of the molecule is CCCCCCCCCCc1cnc(-c2ccc(-c3ccc(OC[C@@H](C)OC(=O)CCCCC)cc3)cc2)nc1. The molecule has 1 atom stereocenters. The molecule has 0 N–H and O–H groups in total. The second-order valence-electron chi connectivity index (χ2n) is 10.8. The van der Waals surface area contributed by atoms with Gasteiger partial charge in [-0.2, -0.15) is 0 Å². The molecule has 0 fully saturated rings. The number of carbonyl (C=O) groups is 1. The second kappa shape index (κ2) is 18.2. The summed E-state index contributed by atoms with van der Waals surface area (Å²) in [4.78, 5) is 21.1. The number of benzene rings is 2. The van der Waals surface area contributed by atoms with Gasteiger partial charge in [0.2, 0.25) is 0 Å². The maximum atomic E-state index is 11.9. The lowest BCUT2D eigenvalue weighted by Gasteiger charge is -2.14. The van der Waals surface area contributed by atoms with E-state index in [9.17, 15) is 4.79 Å². The third-order valence-corrected chi connectivity index (χ3v) is 7.16. The van der Waals surface area contributed by atoms with Gasteiger partial charge < -0.3 is 9.47 Å². The number of hydrogen-bond acceptors (Lipinski definition) is 5. The number of unbranched alkanes of at least 4 members (excludes halogenated alkanes) is 9. The van der Waals surface area contributed by atoms with Gasteiger partial charge in [0.15, 0.2) is 5.82 Å². The van der Waals surface area contributed by atoms with Gasteiger partial charge in [-0.05, 0) is 55.0 Å². The van der Waals surface area contributed by atoms with Crippen LogP contribution in [-0.4, -0.2) is 28.6 Å². The largest absolute Gasteiger partial charge is 0.490 e. The lowest BCUT2D eigenvalue weighted by Crippen LogP contribution is -2.21. The van der Waals surface area contributed by atoms with Crippen LogP contribution in [0.15, 0.2) is 60.9 Å². The van der Waals surface area contributed by atoms with Gasteiger partial charge >= 0.3 is 5.97 Å². The number of hydrogen-bond donors (Lipinski definition) is 0. The van der Waals surface area contributed by atoms with Crippen LogP contribution in [0, 0.1) is 0 Å². The third-order valence-electron chi connectivity index (χ3n) is 7.16. The van der Waals surface area contributed by atoms with E-state index in [1.54, 1.807) is 0 Å². The summed E-state index contributed by atoms with van der Waals surface area (Å²) in [5.41, 5.74) is 4.46. The minimum absolute atomic E-state index is 0.150. The summed E-state index contributed by atoms with van der Waals surface area (Å²) >= 11 is 0. The molecule has 0 aliphatic carbocycles. The van der Waals surface area contributed by atoms with Crippen molar-refractivity contribution < 1.29 is 14.3 Å². The summed E-state index contributed by atoms with van der Waals surface area (Å²) in [7, 11) is 0. The highest BCUT2D eigenvalue weighted by Crippen LogP contribution is 2.25. The van der Waals surface area contributed by atoms with E-state index < -0.39 is 0 Å². The smallest absolute Gasteiger partial charge is 0.306 e. The average molecular weight is 545 g/mol. The third kappa shape index (κ3) is 11.5. The van der Waals surface area contributed by atoms with Gasteiger partial charge in [-0.25, -0.2) is 9.97 Å². The zero-order valence-corrected chi connectivity index (χ0v) is 24.9. The minimum atomic E-state index is -0.275. The van der Waals surface area contributed by atoms with E-state index >= 15 is 0 Å². The molecule has 0 aliphatic heterocycles. The topological polar surface area (TPSA) is 61.3 Å². The van der Waals surface area contributed by atoms with Crippen LogP contribution < -0.4 is 4.74 Å². The molecule has 1 heterocycles. The Hall–Kier alpha value is -3.21. The van der Waals surface area contributed by atoms with Crippen LogP contribution in [0.3, 0.4) is 0 Å². The van der Waals surface area contributed by atoms with E-state index in [0.29, 0.717) is 13.0 Å². The van der Waals surface area contributed by atoms with Gasteiger partial charge in [0, 0.05) is 24.4 Å². The predicted octanol–water partition coefficient (Wildman–Crippen LogP) is 9.38. The molecule has 216 valence electrons. The molecule has 5 heteroatoms. The molecular weight excluding hydrogens is 496 g/mol. The van der Waals surface area contributed by atoms with Crippen molar-refractivity contribution in [1.29, 1.82) is 0 Å². The van der Waals surface area contributed by atoms with Crippen molar-refractivity contribution in [1.82, 2.24) is 9.97 Å². The molecule has 40 heavy (non-hydrogen) atoms. The van der Waals surface area contributed by atoms with Crippen LogP contribution in [0.2, 0.25) is 0 Å². The Bertz CT molecular complexity index is 1090. The molecule has 1 aromatic heterocycles. The monoisotopic (exact) mass is 544 g/mol. The van der Waals surface area contributed by atoms with E-state index in [4.69, 9.17) is 9.47 Å². The average Bonchev–Trinajstić information content (AvgIpc) is 2.98. The van der Waals surface area contributed by atoms with E-state index in [1.165, 1.54) is 56.9 Å². The first-order valence-corrected chi connectivity index (χ1v) is 15.4. The normalized spacial score (nSPS) is 11.8. The molecule has 0 bridgehead atoms. The van der Waals surface area contributed by atoms with E-state index in [1.807, 2.05) is 43.6 Å². The van der Waals surface area contributed by atoms with Crippen LogP contribution >= 0.6 is 0 Å². The molecule has 0 amide bonds. The van der Waals surface area contributed by atoms with Gasteiger partial charge in [-0.15, -0.1) is 0 Å². The van der Waals surface area contributed by atoms with Gasteiger partial charge in [0.1, 0.15) is 18.5 Å². The lowest BCUT2D eigenvalue weighted by molar-refractivity contribution is -0.149. The molecule has 0 spiro atoms. The van der Waals surface area contributed by atoms with E-state index in [-0.39, 0.29) is 12.1 Å². The molecule has 2 aromatic carbocycles. The van der Waals surface area contributed by atoms with Crippen molar-refractivity contribution in [2.45, 2.75) is 110 Å². The molecule has 0 aliphatic rings. The van der Waals surface area contributed by atoms with Crippen molar-refractivity contribution in [3.63, 3.8) is 0 Å². The van der Waals surface area contributed by atoms with Crippen molar-refractivity contribution in [3.05, 3.63) is 66.5 Å². The van der Waals surface area contributed by atoms with Gasteiger partial charge in [0.05, 0.1) is 0 Å². The number of ether oxygens (including phenoxy) is 2. The predicted molar refractivity (Wildman–Crippen MR) is 164 cm³/mol. The molecule has 0 saturated carbocycles. The lowest BCUT2D eigenvalue weighted by atomic mass is 10.0. The van der Waals surface area contributed by atoms with Crippen LogP contribution in [0.4, 0.5) is 0 Å². The Morgan fingerprint density at radius 2 is 1.23 bits per heavy atom. The highest BCUT2D eigenvalue weighted by atomic mass is 16.6. The molecule has 5 nitrogen and oxygen atoms in total. The highest BCUT2D eigenvalue weighted by Gasteiger charge is 2.10. The zero-order valence-electron chi connectivity index (χ0n) is 24.9. The Labute approximate surface area is 241 Å². The van der Waals surface area contributed by atoms with Crippen molar-refractivity contribution >= 4 is 5.97 Å².